The molecule has 2 aromatic heterocycles. The monoisotopic (exact) mass is 433 g/mol. The number of aryl methyl sites for hydroxylation is 1. The van der Waals surface area contributed by atoms with Crippen molar-refractivity contribution in [3.05, 3.63) is 54.1 Å². The Kier molecular flexibility index (Phi) is 6.80. The number of likely N-dealkylation sites (N-methyl/N-ethyl adjacent to an activating group) is 1. The maximum Gasteiger partial charge on any atom is 0.217 e. The van der Waals surface area contributed by atoms with Crippen molar-refractivity contribution < 1.29 is 4.79 Å². The summed E-state index contributed by atoms with van der Waals surface area (Å²) in [6, 6.07) is 12.3. The Morgan fingerprint density at radius 3 is 2.69 bits per heavy atom. The van der Waals surface area contributed by atoms with Crippen molar-refractivity contribution in [2.45, 2.75) is 26.3 Å². The fraction of sp³-hybridized carbons (Fsp3) is 0.417. The lowest BCUT2D eigenvalue weighted by atomic mass is 10.1. The third kappa shape index (κ3) is 5.31. The van der Waals surface area contributed by atoms with E-state index < -0.39 is 0 Å². The molecule has 3 heterocycles. The number of nitrogens with two attached hydrogens (primary N) is 1. The van der Waals surface area contributed by atoms with Crippen LogP contribution in [0.4, 0.5) is 11.5 Å². The van der Waals surface area contributed by atoms with E-state index in [1.54, 1.807) is 0 Å². The summed E-state index contributed by atoms with van der Waals surface area (Å²) in [5, 5.41) is 1.09. The van der Waals surface area contributed by atoms with Crippen molar-refractivity contribution in [2.24, 2.45) is 5.73 Å². The van der Waals surface area contributed by atoms with E-state index in [4.69, 9.17) is 15.7 Å². The Balaban J connectivity index is 1.63. The number of primary amides is 1. The molecule has 168 valence electrons. The minimum atomic E-state index is -0.281. The fourth-order valence-corrected chi connectivity index (χ4v) is 4.16. The molecule has 1 aliphatic rings. The zero-order valence-electron chi connectivity index (χ0n) is 18.9. The quantitative estimate of drug-likeness (QED) is 0.583. The topological polar surface area (TPSA) is 91.5 Å². The number of nitrogens with zero attached hydrogens (tertiary/aromatic N) is 6. The lowest BCUT2D eigenvalue weighted by molar-refractivity contribution is -0.118. The highest BCUT2D eigenvalue weighted by Gasteiger charge is 2.18. The highest BCUT2D eigenvalue weighted by atomic mass is 16.1. The first-order chi connectivity index (χ1) is 15.5. The van der Waals surface area contributed by atoms with Crippen molar-refractivity contribution in [3.8, 4) is 0 Å². The number of hydrogen-bond donors (Lipinski definition) is 1. The van der Waals surface area contributed by atoms with Gasteiger partial charge in [-0.25, -0.2) is 9.97 Å². The van der Waals surface area contributed by atoms with Gasteiger partial charge in [0.05, 0.1) is 23.4 Å². The van der Waals surface area contributed by atoms with Crippen LogP contribution in [0.25, 0.3) is 10.9 Å². The molecule has 8 heteroatoms. The standard InChI is InChI=1S/C24H31N7O/c1-18-27-20(16-23(28-18)30-14-12-29(2)13-15-30)17-31(11-5-9-22(25)32)21-8-3-6-19-7-4-10-26-24(19)21/h3-4,6-8,10,16H,5,9,11-15,17H2,1-2H3,(H2,25,32). The second-order valence-electron chi connectivity index (χ2n) is 8.40. The molecule has 1 aromatic carbocycles. The summed E-state index contributed by atoms with van der Waals surface area (Å²) < 4.78 is 0. The molecule has 1 aliphatic heterocycles. The van der Waals surface area contributed by atoms with E-state index in [1.807, 2.05) is 25.3 Å². The second kappa shape index (κ2) is 9.91. The lowest BCUT2D eigenvalue weighted by Crippen LogP contribution is -2.45. The molecular formula is C24H31N7O. The minimum absolute atomic E-state index is 0.281. The van der Waals surface area contributed by atoms with Gasteiger partial charge in [-0.3, -0.25) is 9.78 Å². The molecule has 32 heavy (non-hydrogen) atoms. The molecule has 1 fully saturated rings. The number of amides is 1. The SMILES string of the molecule is Cc1nc(CN(CCCC(N)=O)c2cccc3cccnc23)cc(N2CCN(C)CC2)n1. The van der Waals surface area contributed by atoms with Crippen molar-refractivity contribution in [3.63, 3.8) is 0 Å². The van der Waals surface area contributed by atoms with Crippen LogP contribution >= 0.6 is 0 Å². The molecule has 4 rings (SSSR count). The molecule has 2 N–H and O–H groups in total. The number of para-hydroxylation sites is 1. The number of piperazine rings is 1. The molecule has 0 unspecified atom stereocenters. The second-order valence-corrected chi connectivity index (χ2v) is 8.40. The number of carbonyl (C=O) groups is 1. The zero-order valence-corrected chi connectivity index (χ0v) is 18.9. The molecule has 0 saturated carbocycles. The Morgan fingerprint density at radius 2 is 1.91 bits per heavy atom. The molecule has 0 spiro atoms. The first kappa shape index (κ1) is 22.0. The molecule has 3 aromatic rings. The summed E-state index contributed by atoms with van der Waals surface area (Å²) in [5.74, 6) is 1.47. The summed E-state index contributed by atoms with van der Waals surface area (Å²) in [6.07, 6.45) is 2.84. The Hall–Kier alpha value is -3.26. The number of anilines is 2. The van der Waals surface area contributed by atoms with Gasteiger partial charge in [0, 0.05) is 56.8 Å². The minimum Gasteiger partial charge on any atom is -0.370 e. The predicted molar refractivity (Wildman–Crippen MR) is 128 cm³/mol. The van der Waals surface area contributed by atoms with E-state index in [0.717, 1.165) is 60.1 Å². The van der Waals surface area contributed by atoms with Crippen LogP contribution in [0, 0.1) is 6.92 Å². The molecule has 0 bridgehead atoms. The largest absolute Gasteiger partial charge is 0.370 e. The number of rotatable bonds is 8. The van der Waals surface area contributed by atoms with Crippen LogP contribution in [0.3, 0.4) is 0 Å². The summed E-state index contributed by atoms with van der Waals surface area (Å²) >= 11 is 0. The lowest BCUT2D eigenvalue weighted by Gasteiger charge is -2.33. The maximum atomic E-state index is 11.3. The van der Waals surface area contributed by atoms with Gasteiger partial charge in [-0.1, -0.05) is 18.2 Å². The van der Waals surface area contributed by atoms with Gasteiger partial charge in [-0.2, -0.15) is 0 Å². The van der Waals surface area contributed by atoms with Gasteiger partial charge in [0.1, 0.15) is 11.6 Å². The van der Waals surface area contributed by atoms with Crippen LogP contribution in [0.5, 0.6) is 0 Å². The van der Waals surface area contributed by atoms with Crippen molar-refractivity contribution in [1.29, 1.82) is 0 Å². The molecule has 0 aliphatic carbocycles. The Labute approximate surface area is 189 Å². The summed E-state index contributed by atoms with van der Waals surface area (Å²) in [7, 11) is 2.15. The van der Waals surface area contributed by atoms with E-state index in [1.165, 1.54) is 0 Å². The third-order valence-corrected chi connectivity index (χ3v) is 5.86. The highest BCUT2D eigenvalue weighted by Crippen LogP contribution is 2.27. The molecule has 8 nitrogen and oxygen atoms in total. The van der Waals surface area contributed by atoms with E-state index >= 15 is 0 Å². The molecule has 0 atom stereocenters. The van der Waals surface area contributed by atoms with Crippen LogP contribution in [-0.4, -0.2) is 65.5 Å². The fourth-order valence-electron chi connectivity index (χ4n) is 4.16. The van der Waals surface area contributed by atoms with Crippen LogP contribution in [0.1, 0.15) is 24.4 Å². The Morgan fingerprint density at radius 1 is 1.12 bits per heavy atom. The number of fused-ring (bicyclic) bond motifs is 1. The third-order valence-electron chi connectivity index (χ3n) is 5.86. The smallest absolute Gasteiger partial charge is 0.217 e. The average molecular weight is 434 g/mol. The average Bonchev–Trinajstić information content (AvgIpc) is 2.78. The molecule has 0 radical (unpaired) electrons. The molecule has 1 amide bonds. The van der Waals surface area contributed by atoms with Gasteiger partial charge in [0.2, 0.25) is 5.91 Å². The van der Waals surface area contributed by atoms with Gasteiger partial charge in [-0.15, -0.1) is 0 Å². The van der Waals surface area contributed by atoms with E-state index in [0.29, 0.717) is 25.9 Å². The molecular weight excluding hydrogens is 402 g/mol. The van der Waals surface area contributed by atoms with Crippen LogP contribution < -0.4 is 15.5 Å². The Bertz CT molecular complexity index is 1070. The van der Waals surface area contributed by atoms with E-state index in [9.17, 15) is 4.79 Å². The summed E-state index contributed by atoms with van der Waals surface area (Å²) in [6.45, 7) is 7.21. The van der Waals surface area contributed by atoms with Gasteiger partial charge in [0.15, 0.2) is 0 Å². The number of benzene rings is 1. The summed E-state index contributed by atoms with van der Waals surface area (Å²) in [5.41, 5.74) is 8.33. The van der Waals surface area contributed by atoms with Crippen LogP contribution in [0.2, 0.25) is 0 Å². The van der Waals surface area contributed by atoms with Gasteiger partial charge < -0.3 is 20.4 Å². The molecule has 1 saturated heterocycles. The van der Waals surface area contributed by atoms with Gasteiger partial charge in [0.25, 0.3) is 0 Å². The van der Waals surface area contributed by atoms with Crippen molar-refractivity contribution in [1.82, 2.24) is 19.9 Å². The normalized spacial score (nSPS) is 14.6. The first-order valence-electron chi connectivity index (χ1n) is 11.1. The zero-order chi connectivity index (χ0) is 22.5. The number of pyridine rings is 1. The van der Waals surface area contributed by atoms with E-state index in [-0.39, 0.29) is 5.91 Å². The van der Waals surface area contributed by atoms with Crippen LogP contribution in [-0.2, 0) is 11.3 Å². The van der Waals surface area contributed by atoms with E-state index in [2.05, 4.69) is 51.0 Å². The number of hydrogen-bond acceptors (Lipinski definition) is 7. The van der Waals surface area contributed by atoms with Crippen LogP contribution in [0.15, 0.2) is 42.6 Å². The van der Waals surface area contributed by atoms with Crippen molar-refractivity contribution >= 4 is 28.3 Å². The van der Waals surface area contributed by atoms with Gasteiger partial charge >= 0.3 is 0 Å². The first-order valence-corrected chi connectivity index (χ1v) is 11.1. The highest BCUT2D eigenvalue weighted by molar-refractivity contribution is 5.90. The van der Waals surface area contributed by atoms with Crippen molar-refractivity contribution in [2.75, 3.05) is 49.6 Å². The predicted octanol–water partition coefficient (Wildman–Crippen LogP) is 2.36. The maximum absolute atomic E-state index is 11.3. The number of carbonyl (C=O) groups excluding carboxylic acids is 1. The number of aromatic nitrogens is 3. The summed E-state index contributed by atoms with van der Waals surface area (Å²) in [4.78, 5) is 32.3. The van der Waals surface area contributed by atoms with Gasteiger partial charge in [-0.05, 0) is 32.5 Å².